The number of rotatable bonds is 7. The van der Waals surface area contributed by atoms with Crippen LogP contribution in [-0.2, 0) is 15.7 Å². The molecule has 1 aliphatic heterocycles. The molecule has 3 aromatic rings. The lowest BCUT2D eigenvalue weighted by molar-refractivity contribution is -0.136. The van der Waals surface area contributed by atoms with E-state index in [1.807, 2.05) is 16.1 Å². The molecule has 4 heterocycles. The molecule has 0 saturated carbocycles. The molecule has 1 fully saturated rings. The average molecular weight is 503 g/mol. The van der Waals surface area contributed by atoms with E-state index in [2.05, 4.69) is 10.1 Å². The number of ether oxygens (including phenoxy) is 1. The van der Waals surface area contributed by atoms with Crippen LogP contribution < -0.4 is 10.5 Å². The number of aromatic amines is 1. The highest BCUT2D eigenvalue weighted by Gasteiger charge is 2.36. The van der Waals surface area contributed by atoms with Crippen LogP contribution in [0.2, 0.25) is 0 Å². The molecule has 13 heteroatoms. The predicted octanol–water partition coefficient (Wildman–Crippen LogP) is 2.33. The Labute approximate surface area is 203 Å². The summed E-state index contributed by atoms with van der Waals surface area (Å²) in [7, 11) is 0. The van der Waals surface area contributed by atoms with Gasteiger partial charge in [-0.15, -0.1) is 0 Å². The summed E-state index contributed by atoms with van der Waals surface area (Å²) in [4.78, 5) is 32.6. The zero-order valence-electron chi connectivity index (χ0n) is 19.5. The minimum Gasteiger partial charge on any atom is -0.379 e. The summed E-state index contributed by atoms with van der Waals surface area (Å²) in [6.07, 6.45) is -0.962. The average Bonchev–Trinajstić information content (AvgIpc) is 3.28. The zero-order chi connectivity index (χ0) is 25.9. The van der Waals surface area contributed by atoms with Crippen molar-refractivity contribution in [3.05, 3.63) is 52.2 Å². The first-order valence-corrected chi connectivity index (χ1v) is 11.3. The maximum Gasteiger partial charge on any atom is 0.418 e. The van der Waals surface area contributed by atoms with Crippen molar-refractivity contribution in [2.24, 2.45) is 0 Å². The summed E-state index contributed by atoms with van der Waals surface area (Å²) >= 11 is 0. The Bertz CT molecular complexity index is 1320. The van der Waals surface area contributed by atoms with E-state index in [0.29, 0.717) is 31.7 Å². The summed E-state index contributed by atoms with van der Waals surface area (Å²) in [5.74, 6) is 0.679. The van der Waals surface area contributed by atoms with Gasteiger partial charge in [0.15, 0.2) is 0 Å². The number of halogens is 3. The van der Waals surface area contributed by atoms with Gasteiger partial charge in [-0.1, -0.05) is 0 Å². The van der Waals surface area contributed by atoms with Crippen LogP contribution in [0.3, 0.4) is 0 Å². The van der Waals surface area contributed by atoms with Crippen LogP contribution >= 0.6 is 0 Å². The number of H-pyrrole nitrogens is 1. The molecule has 0 aromatic carbocycles. The Morgan fingerprint density at radius 3 is 2.64 bits per heavy atom. The smallest absolute Gasteiger partial charge is 0.379 e. The van der Waals surface area contributed by atoms with Gasteiger partial charge < -0.3 is 19.1 Å². The van der Waals surface area contributed by atoms with Crippen LogP contribution in [0, 0.1) is 11.3 Å². The van der Waals surface area contributed by atoms with Gasteiger partial charge in [0, 0.05) is 38.6 Å². The molecule has 0 aliphatic carbocycles. The standard InChI is InChI=1S/C23H24F3N7O3/c1-15(33-13-17(23(24,25)26)21-18(33)12-29-30-22(21)35)14-36-9-4-20(34)32-7-5-31(6-8-32)19-3-2-16(10-27)11-28-19/h2-3,11-13,15H,4-9,14H2,1H3,(H,30,35). The predicted molar refractivity (Wildman–Crippen MR) is 123 cm³/mol. The summed E-state index contributed by atoms with van der Waals surface area (Å²) < 4.78 is 47.2. The molecule has 0 spiro atoms. The van der Waals surface area contributed by atoms with Crippen molar-refractivity contribution >= 4 is 22.6 Å². The third-order valence-electron chi connectivity index (χ3n) is 6.08. The topological polar surface area (TPSA) is 120 Å². The van der Waals surface area contributed by atoms with E-state index in [1.54, 1.807) is 24.0 Å². The number of amides is 1. The van der Waals surface area contributed by atoms with Crippen molar-refractivity contribution in [2.75, 3.05) is 44.3 Å². The monoisotopic (exact) mass is 503 g/mol. The number of nitriles is 1. The summed E-state index contributed by atoms with van der Waals surface area (Å²) in [6.45, 7) is 4.10. The molecule has 4 rings (SSSR count). The largest absolute Gasteiger partial charge is 0.418 e. The number of carbonyl (C=O) groups excluding carboxylic acids is 1. The Morgan fingerprint density at radius 1 is 1.25 bits per heavy atom. The van der Waals surface area contributed by atoms with E-state index in [9.17, 15) is 22.8 Å². The second-order valence-corrected chi connectivity index (χ2v) is 8.47. The Hall–Kier alpha value is -3.92. The van der Waals surface area contributed by atoms with Gasteiger partial charge in [-0.3, -0.25) is 9.59 Å². The molecule has 1 saturated heterocycles. The van der Waals surface area contributed by atoms with Gasteiger partial charge in [-0.05, 0) is 19.1 Å². The summed E-state index contributed by atoms with van der Waals surface area (Å²) in [5.41, 5.74) is -1.39. The fraction of sp³-hybridized carbons (Fsp3) is 0.435. The SMILES string of the molecule is CC(COCCC(=O)N1CCN(c2ccc(C#N)cn2)CC1)n1cc(C(F)(F)F)c2c(=O)[nH]ncc21. The van der Waals surface area contributed by atoms with E-state index in [0.717, 1.165) is 12.0 Å². The fourth-order valence-corrected chi connectivity index (χ4v) is 4.17. The highest BCUT2D eigenvalue weighted by Crippen LogP contribution is 2.35. The highest BCUT2D eigenvalue weighted by atomic mass is 19.4. The molecule has 1 amide bonds. The maximum atomic E-state index is 13.4. The number of fused-ring (bicyclic) bond motifs is 1. The van der Waals surface area contributed by atoms with Gasteiger partial charge in [0.1, 0.15) is 11.9 Å². The Balaban J connectivity index is 1.27. The van der Waals surface area contributed by atoms with E-state index in [1.165, 1.54) is 17.0 Å². The van der Waals surface area contributed by atoms with E-state index < -0.39 is 28.7 Å². The number of nitrogens with zero attached hydrogens (tertiary/aromatic N) is 6. The number of hydrogen-bond acceptors (Lipinski definition) is 7. The first kappa shape index (κ1) is 25.2. The van der Waals surface area contributed by atoms with E-state index >= 15 is 0 Å². The van der Waals surface area contributed by atoms with Crippen molar-refractivity contribution in [3.8, 4) is 6.07 Å². The lowest BCUT2D eigenvalue weighted by Gasteiger charge is -2.35. The number of pyridine rings is 1. The van der Waals surface area contributed by atoms with Crippen LogP contribution in [0.1, 0.15) is 30.5 Å². The van der Waals surface area contributed by atoms with Crippen molar-refractivity contribution in [2.45, 2.75) is 25.6 Å². The number of alkyl halides is 3. The summed E-state index contributed by atoms with van der Waals surface area (Å²) in [6, 6.07) is 4.99. The molecule has 1 atom stereocenters. The summed E-state index contributed by atoms with van der Waals surface area (Å²) in [5, 5.41) is 14.1. The molecule has 10 nitrogen and oxygen atoms in total. The van der Waals surface area contributed by atoms with Crippen molar-refractivity contribution < 1.29 is 22.7 Å². The number of hydrogen-bond donors (Lipinski definition) is 1. The number of aromatic nitrogens is 4. The van der Waals surface area contributed by atoms with Gasteiger partial charge >= 0.3 is 6.18 Å². The number of piperazine rings is 1. The van der Waals surface area contributed by atoms with Crippen LogP contribution in [0.5, 0.6) is 0 Å². The quantitative estimate of drug-likeness (QED) is 0.492. The minimum atomic E-state index is -4.69. The molecule has 3 aromatic heterocycles. The molecule has 190 valence electrons. The lowest BCUT2D eigenvalue weighted by atomic mass is 10.2. The van der Waals surface area contributed by atoms with E-state index in [4.69, 9.17) is 10.00 Å². The van der Waals surface area contributed by atoms with E-state index in [-0.39, 0.29) is 31.1 Å². The molecular formula is C23H24F3N7O3. The van der Waals surface area contributed by atoms with Gasteiger partial charge in [0.2, 0.25) is 5.91 Å². The normalized spacial score (nSPS) is 15.2. The van der Waals surface area contributed by atoms with Crippen LogP contribution in [0.25, 0.3) is 10.9 Å². The van der Waals surface area contributed by atoms with Crippen LogP contribution in [-0.4, -0.2) is 69.9 Å². The van der Waals surface area contributed by atoms with Gasteiger partial charge in [-0.2, -0.15) is 23.5 Å². The van der Waals surface area contributed by atoms with Crippen LogP contribution in [0.4, 0.5) is 19.0 Å². The van der Waals surface area contributed by atoms with Gasteiger partial charge in [0.05, 0.1) is 53.9 Å². The van der Waals surface area contributed by atoms with Crippen molar-refractivity contribution in [3.63, 3.8) is 0 Å². The fourth-order valence-electron chi connectivity index (χ4n) is 4.17. The number of carbonyl (C=O) groups is 1. The highest BCUT2D eigenvalue weighted by molar-refractivity contribution is 5.83. The molecular weight excluding hydrogens is 479 g/mol. The second kappa shape index (κ2) is 10.4. The van der Waals surface area contributed by atoms with Crippen LogP contribution in [0.15, 0.2) is 35.5 Å². The maximum absolute atomic E-state index is 13.4. The minimum absolute atomic E-state index is 0.0549. The molecule has 0 radical (unpaired) electrons. The molecule has 1 unspecified atom stereocenters. The third kappa shape index (κ3) is 5.33. The van der Waals surface area contributed by atoms with Gasteiger partial charge in [0.25, 0.3) is 5.56 Å². The molecule has 0 bridgehead atoms. The Kier molecular flexibility index (Phi) is 7.25. The number of anilines is 1. The molecule has 1 aliphatic rings. The molecule has 1 N–H and O–H groups in total. The zero-order valence-corrected chi connectivity index (χ0v) is 19.5. The second-order valence-electron chi connectivity index (χ2n) is 8.47. The van der Waals surface area contributed by atoms with Gasteiger partial charge in [-0.25, -0.2) is 10.1 Å². The Morgan fingerprint density at radius 2 is 2.00 bits per heavy atom. The van der Waals surface area contributed by atoms with Crippen molar-refractivity contribution in [1.29, 1.82) is 5.26 Å². The lowest BCUT2D eigenvalue weighted by Crippen LogP contribution is -2.49. The third-order valence-corrected chi connectivity index (χ3v) is 6.08. The first-order chi connectivity index (χ1) is 17.2. The number of nitrogens with one attached hydrogen (secondary N) is 1. The molecule has 36 heavy (non-hydrogen) atoms. The first-order valence-electron chi connectivity index (χ1n) is 11.3. The van der Waals surface area contributed by atoms with Crippen molar-refractivity contribution in [1.82, 2.24) is 24.6 Å².